The Morgan fingerprint density at radius 3 is 1.61 bits per heavy atom. The predicted molar refractivity (Wildman–Crippen MR) is 92.0 cm³/mol. The molecule has 0 unspecified atom stereocenters. The van der Waals surface area contributed by atoms with Crippen LogP contribution in [0.5, 0.6) is 11.5 Å². The third-order valence-electron chi connectivity index (χ3n) is 3.06. The lowest BCUT2D eigenvalue weighted by molar-refractivity contribution is 0.150. The molecule has 0 atom stereocenters. The van der Waals surface area contributed by atoms with E-state index < -0.39 is 0 Å². The molecule has 2 aromatic carbocycles. The van der Waals surface area contributed by atoms with Crippen LogP contribution in [0.4, 0.5) is 0 Å². The van der Waals surface area contributed by atoms with Gasteiger partial charge in [-0.3, -0.25) is 9.98 Å². The maximum atomic E-state index is 9.57. The molecular weight excluding hydrogens is 292 g/mol. The summed E-state index contributed by atoms with van der Waals surface area (Å²) in [6, 6.07) is 14.1. The van der Waals surface area contributed by atoms with Crippen LogP contribution in [0, 0.1) is 0 Å². The highest BCUT2D eigenvalue weighted by Crippen LogP contribution is 2.13. The minimum Gasteiger partial charge on any atom is -0.507 e. The monoisotopic (exact) mass is 312 g/mol. The fourth-order valence-corrected chi connectivity index (χ4v) is 1.86. The molecule has 0 saturated carbocycles. The Labute approximate surface area is 135 Å². The van der Waals surface area contributed by atoms with Gasteiger partial charge in [-0.15, -0.1) is 0 Å². The third-order valence-corrected chi connectivity index (χ3v) is 3.06. The molecular formula is C18H20N2O3. The molecule has 0 aliphatic carbocycles. The summed E-state index contributed by atoms with van der Waals surface area (Å²) in [7, 11) is 0. The molecule has 0 saturated heterocycles. The minimum absolute atomic E-state index is 0.218. The Bertz CT molecular complexity index is 611. The molecule has 2 aromatic rings. The number of hydrogen-bond acceptors (Lipinski definition) is 5. The fraction of sp³-hybridized carbons (Fsp3) is 0.222. The molecule has 0 heterocycles. The molecule has 5 nitrogen and oxygen atoms in total. The molecule has 0 amide bonds. The number of para-hydroxylation sites is 2. The molecule has 5 heteroatoms. The van der Waals surface area contributed by atoms with Crippen molar-refractivity contribution >= 4 is 12.4 Å². The lowest BCUT2D eigenvalue weighted by Crippen LogP contribution is -2.03. The van der Waals surface area contributed by atoms with E-state index in [1.165, 1.54) is 0 Å². The van der Waals surface area contributed by atoms with E-state index in [1.807, 2.05) is 12.1 Å². The van der Waals surface area contributed by atoms with E-state index >= 15 is 0 Å². The van der Waals surface area contributed by atoms with Gasteiger partial charge in [0.15, 0.2) is 0 Å². The maximum Gasteiger partial charge on any atom is 0.124 e. The highest BCUT2D eigenvalue weighted by Gasteiger charge is 1.95. The number of aromatic hydroxyl groups is 2. The number of rotatable bonds is 8. The molecule has 0 aliphatic heterocycles. The van der Waals surface area contributed by atoms with Crippen LogP contribution in [0.1, 0.15) is 11.1 Å². The van der Waals surface area contributed by atoms with Crippen LogP contribution in [0.25, 0.3) is 0 Å². The van der Waals surface area contributed by atoms with Crippen molar-refractivity contribution in [3.63, 3.8) is 0 Å². The van der Waals surface area contributed by atoms with E-state index in [0.29, 0.717) is 37.4 Å². The summed E-state index contributed by atoms with van der Waals surface area (Å²) in [5.41, 5.74) is 1.39. The van der Waals surface area contributed by atoms with Crippen LogP contribution in [-0.2, 0) is 4.74 Å². The van der Waals surface area contributed by atoms with Gasteiger partial charge in [0.1, 0.15) is 11.5 Å². The first-order valence-electron chi connectivity index (χ1n) is 7.41. The Hall–Kier alpha value is -2.66. The second-order valence-electron chi connectivity index (χ2n) is 4.80. The summed E-state index contributed by atoms with van der Waals surface area (Å²) in [5.74, 6) is 0.436. The highest BCUT2D eigenvalue weighted by atomic mass is 16.5. The molecule has 0 fully saturated rings. The van der Waals surface area contributed by atoms with Gasteiger partial charge in [-0.25, -0.2) is 0 Å². The Kier molecular flexibility index (Phi) is 6.81. The van der Waals surface area contributed by atoms with Gasteiger partial charge in [-0.1, -0.05) is 24.3 Å². The molecule has 0 radical (unpaired) electrons. The lowest BCUT2D eigenvalue weighted by atomic mass is 10.2. The summed E-state index contributed by atoms with van der Waals surface area (Å²) in [6.07, 6.45) is 3.27. The normalized spacial score (nSPS) is 11.5. The maximum absolute atomic E-state index is 9.57. The number of phenols is 2. The Morgan fingerprint density at radius 1 is 0.739 bits per heavy atom. The lowest BCUT2D eigenvalue weighted by Gasteiger charge is -2.00. The fourth-order valence-electron chi connectivity index (χ4n) is 1.86. The van der Waals surface area contributed by atoms with Gasteiger partial charge in [0, 0.05) is 23.6 Å². The zero-order chi connectivity index (χ0) is 16.3. The van der Waals surface area contributed by atoms with Crippen molar-refractivity contribution in [2.45, 2.75) is 0 Å². The average molecular weight is 312 g/mol. The molecule has 120 valence electrons. The largest absolute Gasteiger partial charge is 0.507 e. The van der Waals surface area contributed by atoms with Crippen molar-refractivity contribution in [1.29, 1.82) is 0 Å². The Balaban J connectivity index is 1.60. The van der Waals surface area contributed by atoms with E-state index in [9.17, 15) is 10.2 Å². The number of phenolic OH excluding ortho intramolecular Hbond substituents is 2. The summed E-state index contributed by atoms with van der Waals surface area (Å²) < 4.78 is 5.42. The van der Waals surface area contributed by atoms with E-state index in [1.54, 1.807) is 48.8 Å². The quantitative estimate of drug-likeness (QED) is 0.581. The number of hydrogen-bond donors (Lipinski definition) is 2. The number of nitrogens with zero attached hydrogens (tertiary/aromatic N) is 2. The van der Waals surface area contributed by atoms with Crippen molar-refractivity contribution in [2.24, 2.45) is 9.98 Å². The van der Waals surface area contributed by atoms with Gasteiger partial charge >= 0.3 is 0 Å². The molecule has 2 rings (SSSR count). The topological polar surface area (TPSA) is 74.4 Å². The van der Waals surface area contributed by atoms with Crippen molar-refractivity contribution in [1.82, 2.24) is 0 Å². The van der Waals surface area contributed by atoms with Gasteiger partial charge in [-0.2, -0.15) is 0 Å². The first-order valence-corrected chi connectivity index (χ1v) is 7.41. The SMILES string of the molecule is Oc1ccccc1C=NCCOCCN=Cc1ccccc1O. The zero-order valence-corrected chi connectivity index (χ0v) is 12.8. The first kappa shape index (κ1) is 16.7. The summed E-state index contributed by atoms with van der Waals surface area (Å²) in [5, 5.41) is 19.1. The standard InChI is InChI=1S/C18H20N2O3/c21-17-7-3-1-5-15(17)13-19-9-11-23-12-10-20-14-16-6-2-4-8-18(16)22/h1-8,13-14,21-22H,9-12H2. The van der Waals surface area contributed by atoms with Gasteiger partial charge in [-0.05, 0) is 24.3 Å². The van der Waals surface area contributed by atoms with Crippen LogP contribution in [0.15, 0.2) is 58.5 Å². The zero-order valence-electron chi connectivity index (χ0n) is 12.8. The molecule has 2 N–H and O–H groups in total. The van der Waals surface area contributed by atoms with Gasteiger partial charge in [0.2, 0.25) is 0 Å². The molecule has 0 bridgehead atoms. The van der Waals surface area contributed by atoms with Crippen molar-refractivity contribution in [3.05, 3.63) is 59.7 Å². The number of aliphatic imine (C=N–C) groups is 2. The van der Waals surface area contributed by atoms with Gasteiger partial charge < -0.3 is 14.9 Å². The summed E-state index contributed by atoms with van der Waals surface area (Å²) in [6.45, 7) is 2.04. The molecule has 0 spiro atoms. The average Bonchev–Trinajstić information content (AvgIpc) is 2.56. The van der Waals surface area contributed by atoms with Crippen molar-refractivity contribution in [2.75, 3.05) is 26.3 Å². The smallest absolute Gasteiger partial charge is 0.124 e. The van der Waals surface area contributed by atoms with Gasteiger partial charge in [0.05, 0.1) is 26.3 Å². The van der Waals surface area contributed by atoms with Crippen molar-refractivity contribution in [3.8, 4) is 11.5 Å². The Morgan fingerprint density at radius 2 is 1.17 bits per heavy atom. The van der Waals surface area contributed by atoms with Crippen LogP contribution >= 0.6 is 0 Å². The number of ether oxygens (including phenoxy) is 1. The molecule has 0 aromatic heterocycles. The van der Waals surface area contributed by atoms with E-state index in [2.05, 4.69) is 9.98 Å². The summed E-state index contributed by atoms with van der Waals surface area (Å²) >= 11 is 0. The third kappa shape index (κ3) is 5.92. The van der Waals surface area contributed by atoms with Gasteiger partial charge in [0.25, 0.3) is 0 Å². The highest BCUT2D eigenvalue weighted by molar-refractivity contribution is 5.83. The molecule has 0 aliphatic rings. The second kappa shape index (κ2) is 9.38. The predicted octanol–water partition coefficient (Wildman–Crippen LogP) is 2.65. The van der Waals surface area contributed by atoms with E-state index in [-0.39, 0.29) is 11.5 Å². The van der Waals surface area contributed by atoms with E-state index in [4.69, 9.17) is 4.74 Å². The van der Waals surface area contributed by atoms with Crippen LogP contribution in [0.3, 0.4) is 0 Å². The second-order valence-corrected chi connectivity index (χ2v) is 4.80. The summed E-state index contributed by atoms with van der Waals surface area (Å²) in [4.78, 5) is 8.40. The van der Waals surface area contributed by atoms with Crippen LogP contribution in [-0.4, -0.2) is 48.9 Å². The molecule has 23 heavy (non-hydrogen) atoms. The van der Waals surface area contributed by atoms with E-state index in [0.717, 1.165) is 0 Å². The van der Waals surface area contributed by atoms with Crippen LogP contribution in [0.2, 0.25) is 0 Å². The number of benzene rings is 2. The van der Waals surface area contributed by atoms with Crippen LogP contribution < -0.4 is 0 Å². The minimum atomic E-state index is 0.218. The first-order chi connectivity index (χ1) is 11.3. The van der Waals surface area contributed by atoms with Crippen molar-refractivity contribution < 1.29 is 14.9 Å².